The molecule has 4 N–H and O–H groups in total. The van der Waals surface area contributed by atoms with Crippen LogP contribution in [-0.4, -0.2) is 6.54 Å². The lowest BCUT2D eigenvalue weighted by Crippen LogP contribution is -1.96. The Labute approximate surface area is 56.2 Å². The Morgan fingerprint density at radius 1 is 1.56 bits per heavy atom. The maximum absolute atomic E-state index is 5.26. The van der Waals surface area contributed by atoms with Crippen LogP contribution < -0.4 is 11.5 Å². The molecule has 0 aliphatic carbocycles. The van der Waals surface area contributed by atoms with Crippen molar-refractivity contribution >= 4 is 0 Å². The molecule has 2 heteroatoms. The molecule has 0 amide bonds. The number of unbranched alkanes of at least 4 members (excludes halogenated alkanes) is 1. The summed E-state index contributed by atoms with van der Waals surface area (Å²) in [6, 6.07) is 0. The molecule has 0 aromatic rings. The normalized spacial score (nSPS) is 10.3. The average molecular weight is 126 g/mol. The van der Waals surface area contributed by atoms with Crippen LogP contribution in [0.1, 0.15) is 12.8 Å². The molecule has 0 spiro atoms. The largest absolute Gasteiger partial charge is 0.399 e. The molecular formula is C7H14N2. The van der Waals surface area contributed by atoms with E-state index in [9.17, 15) is 0 Å². The molecule has 0 heterocycles. The molecule has 0 saturated heterocycles. The summed E-state index contributed by atoms with van der Waals surface area (Å²) < 4.78 is 0. The van der Waals surface area contributed by atoms with Crippen molar-refractivity contribution in [2.45, 2.75) is 12.8 Å². The molecule has 52 valence electrons. The molecule has 0 unspecified atom stereocenters. The fourth-order valence-electron chi connectivity index (χ4n) is 0.470. The molecule has 0 aliphatic rings. The highest BCUT2D eigenvalue weighted by Gasteiger charge is 1.77. The highest BCUT2D eigenvalue weighted by molar-refractivity contribution is 5.09. The van der Waals surface area contributed by atoms with Crippen LogP contribution in [0.25, 0.3) is 0 Å². The van der Waals surface area contributed by atoms with E-state index in [1.165, 1.54) is 0 Å². The van der Waals surface area contributed by atoms with E-state index in [-0.39, 0.29) is 0 Å². The topological polar surface area (TPSA) is 52.0 Å². The molecular weight excluding hydrogens is 112 g/mol. The molecule has 0 atom stereocenters. The monoisotopic (exact) mass is 126 g/mol. The van der Waals surface area contributed by atoms with Crippen molar-refractivity contribution in [1.82, 2.24) is 0 Å². The van der Waals surface area contributed by atoms with Gasteiger partial charge in [0.25, 0.3) is 0 Å². The minimum absolute atomic E-state index is 0.604. The molecule has 0 aliphatic heterocycles. The zero-order chi connectivity index (χ0) is 7.11. The minimum atomic E-state index is 0.604. The molecule has 0 radical (unpaired) electrons. The van der Waals surface area contributed by atoms with Crippen molar-refractivity contribution in [1.29, 1.82) is 0 Å². The van der Waals surface area contributed by atoms with Crippen LogP contribution in [0, 0.1) is 0 Å². The Hall–Kier alpha value is -0.760. The van der Waals surface area contributed by atoms with E-state index in [1.807, 2.05) is 6.08 Å². The van der Waals surface area contributed by atoms with E-state index in [4.69, 9.17) is 11.5 Å². The van der Waals surface area contributed by atoms with Crippen molar-refractivity contribution in [3.05, 3.63) is 24.4 Å². The second-order valence-electron chi connectivity index (χ2n) is 1.91. The Morgan fingerprint density at radius 2 is 2.22 bits per heavy atom. The zero-order valence-corrected chi connectivity index (χ0v) is 5.64. The first-order valence-corrected chi connectivity index (χ1v) is 3.08. The van der Waals surface area contributed by atoms with Gasteiger partial charge in [0.05, 0.1) is 0 Å². The quantitative estimate of drug-likeness (QED) is 0.431. The third-order valence-corrected chi connectivity index (χ3v) is 0.907. The summed E-state index contributed by atoms with van der Waals surface area (Å²) in [5.41, 5.74) is 11.1. The van der Waals surface area contributed by atoms with Crippen LogP contribution in [0.2, 0.25) is 0 Å². The first kappa shape index (κ1) is 8.24. The van der Waals surface area contributed by atoms with Gasteiger partial charge in [0.1, 0.15) is 0 Å². The summed E-state index contributed by atoms with van der Waals surface area (Å²) >= 11 is 0. The molecule has 2 nitrogen and oxygen atoms in total. The SMILES string of the molecule is C=C(N)/C=C\CCCN. The van der Waals surface area contributed by atoms with E-state index in [0.29, 0.717) is 5.70 Å². The predicted octanol–water partition coefficient (Wildman–Crippen LogP) is 0.754. The van der Waals surface area contributed by atoms with Gasteiger partial charge in [-0.05, 0) is 25.5 Å². The van der Waals surface area contributed by atoms with E-state index < -0.39 is 0 Å². The van der Waals surface area contributed by atoms with Crippen LogP contribution >= 0.6 is 0 Å². The highest BCUT2D eigenvalue weighted by atomic mass is 14.5. The zero-order valence-electron chi connectivity index (χ0n) is 5.64. The van der Waals surface area contributed by atoms with Crippen molar-refractivity contribution in [2.75, 3.05) is 6.54 Å². The van der Waals surface area contributed by atoms with Crippen LogP contribution in [-0.2, 0) is 0 Å². The summed E-state index contributed by atoms with van der Waals surface area (Å²) in [7, 11) is 0. The van der Waals surface area contributed by atoms with Crippen molar-refractivity contribution < 1.29 is 0 Å². The first-order valence-electron chi connectivity index (χ1n) is 3.08. The van der Waals surface area contributed by atoms with Crippen LogP contribution in [0.4, 0.5) is 0 Å². The lowest BCUT2D eigenvalue weighted by Gasteiger charge is -1.88. The van der Waals surface area contributed by atoms with Gasteiger partial charge in [-0.1, -0.05) is 12.7 Å². The standard InChI is InChI=1S/C7H14N2/c1-7(9)5-3-2-4-6-8/h3,5H,1-2,4,6,8-9H2/b5-3-. The summed E-state index contributed by atoms with van der Waals surface area (Å²) in [5.74, 6) is 0. The molecule has 0 rings (SSSR count). The summed E-state index contributed by atoms with van der Waals surface area (Å²) in [6.45, 7) is 4.25. The average Bonchev–Trinajstić information content (AvgIpc) is 1.80. The van der Waals surface area contributed by atoms with Gasteiger partial charge in [0.15, 0.2) is 0 Å². The van der Waals surface area contributed by atoms with Gasteiger partial charge in [-0.15, -0.1) is 0 Å². The van der Waals surface area contributed by atoms with Gasteiger partial charge in [-0.2, -0.15) is 0 Å². The smallest absolute Gasteiger partial charge is 0.0237 e. The summed E-state index contributed by atoms with van der Waals surface area (Å²) in [5, 5.41) is 0. The highest BCUT2D eigenvalue weighted by Crippen LogP contribution is 1.89. The lowest BCUT2D eigenvalue weighted by atomic mass is 10.3. The second-order valence-corrected chi connectivity index (χ2v) is 1.91. The third kappa shape index (κ3) is 7.24. The van der Waals surface area contributed by atoms with Gasteiger partial charge in [0, 0.05) is 5.70 Å². The number of hydrogen-bond acceptors (Lipinski definition) is 2. The van der Waals surface area contributed by atoms with Gasteiger partial charge in [-0.3, -0.25) is 0 Å². The molecule has 0 saturated carbocycles. The van der Waals surface area contributed by atoms with Gasteiger partial charge in [-0.25, -0.2) is 0 Å². The summed E-state index contributed by atoms with van der Waals surface area (Å²) in [4.78, 5) is 0. The fourth-order valence-corrected chi connectivity index (χ4v) is 0.470. The van der Waals surface area contributed by atoms with Crippen LogP contribution in [0.3, 0.4) is 0 Å². The van der Waals surface area contributed by atoms with Crippen molar-refractivity contribution in [2.24, 2.45) is 11.5 Å². The minimum Gasteiger partial charge on any atom is -0.399 e. The predicted molar refractivity (Wildman–Crippen MR) is 40.8 cm³/mol. The van der Waals surface area contributed by atoms with Crippen molar-refractivity contribution in [3.8, 4) is 0 Å². The van der Waals surface area contributed by atoms with E-state index >= 15 is 0 Å². The molecule has 9 heavy (non-hydrogen) atoms. The fraction of sp³-hybridized carbons (Fsp3) is 0.429. The number of nitrogens with two attached hydrogens (primary N) is 2. The molecule has 0 aromatic heterocycles. The number of rotatable bonds is 4. The van der Waals surface area contributed by atoms with Gasteiger partial charge in [0.2, 0.25) is 0 Å². The number of hydrogen-bond donors (Lipinski definition) is 2. The Balaban J connectivity index is 3.15. The maximum Gasteiger partial charge on any atom is 0.0237 e. The van der Waals surface area contributed by atoms with Gasteiger partial charge < -0.3 is 11.5 Å². The van der Waals surface area contributed by atoms with E-state index in [0.717, 1.165) is 19.4 Å². The summed E-state index contributed by atoms with van der Waals surface area (Å²) in [6.07, 6.45) is 5.79. The molecule has 0 bridgehead atoms. The Bertz CT molecular complexity index is 105. The van der Waals surface area contributed by atoms with Crippen LogP contribution in [0.15, 0.2) is 24.4 Å². The molecule has 0 aromatic carbocycles. The second kappa shape index (κ2) is 5.38. The van der Waals surface area contributed by atoms with Gasteiger partial charge >= 0.3 is 0 Å². The van der Waals surface area contributed by atoms with E-state index in [2.05, 4.69) is 6.58 Å². The van der Waals surface area contributed by atoms with E-state index in [1.54, 1.807) is 6.08 Å². The Morgan fingerprint density at radius 3 is 2.67 bits per heavy atom. The third-order valence-electron chi connectivity index (χ3n) is 0.907. The Kier molecular flexibility index (Phi) is 4.92. The number of allylic oxidation sites excluding steroid dienone is 2. The lowest BCUT2D eigenvalue weighted by molar-refractivity contribution is 0.854. The maximum atomic E-state index is 5.26. The van der Waals surface area contributed by atoms with Crippen molar-refractivity contribution in [3.63, 3.8) is 0 Å². The first-order chi connectivity index (χ1) is 4.27. The molecule has 0 fully saturated rings. The van der Waals surface area contributed by atoms with Crippen LogP contribution in [0.5, 0.6) is 0 Å².